The van der Waals surface area contributed by atoms with Crippen molar-refractivity contribution in [1.29, 1.82) is 0 Å². The van der Waals surface area contributed by atoms with Crippen molar-refractivity contribution in [3.05, 3.63) is 76.8 Å². The monoisotopic (exact) mass is 368 g/mol. The van der Waals surface area contributed by atoms with E-state index in [4.69, 9.17) is 21.1 Å². The smallest absolute Gasteiger partial charge is 0.342 e. The van der Waals surface area contributed by atoms with Crippen LogP contribution in [0.2, 0.25) is 5.15 Å². The highest BCUT2D eigenvalue weighted by Crippen LogP contribution is 2.35. The minimum absolute atomic E-state index is 0.0944. The number of aromatic nitrogens is 2. The highest BCUT2D eigenvalue weighted by molar-refractivity contribution is 6.33. The van der Waals surface area contributed by atoms with Gasteiger partial charge in [-0.25, -0.2) is 9.78 Å². The molecular formula is C20H17ClN2O3. The molecular weight excluding hydrogens is 352 g/mol. The number of nitrogens with zero attached hydrogens (tertiary/aromatic N) is 2. The van der Waals surface area contributed by atoms with Gasteiger partial charge in [0, 0.05) is 23.0 Å². The lowest BCUT2D eigenvalue weighted by molar-refractivity contribution is 0.0473. The van der Waals surface area contributed by atoms with Gasteiger partial charge in [-0.05, 0) is 24.6 Å². The third-order valence-electron chi connectivity index (χ3n) is 3.81. The third kappa shape index (κ3) is 3.83. The minimum atomic E-state index is -0.541. The average molecular weight is 369 g/mol. The van der Waals surface area contributed by atoms with Crippen LogP contribution in [0.25, 0.3) is 11.1 Å². The zero-order valence-electron chi connectivity index (χ0n) is 14.4. The first-order valence-corrected chi connectivity index (χ1v) is 8.34. The summed E-state index contributed by atoms with van der Waals surface area (Å²) >= 11 is 6.29. The Labute approximate surface area is 156 Å². The van der Waals surface area contributed by atoms with Crippen LogP contribution in [0.5, 0.6) is 5.75 Å². The average Bonchev–Trinajstić information content (AvgIpc) is 2.66. The molecule has 132 valence electrons. The zero-order valence-corrected chi connectivity index (χ0v) is 15.2. The number of pyridine rings is 2. The summed E-state index contributed by atoms with van der Waals surface area (Å²) in [6, 6.07) is 13.0. The van der Waals surface area contributed by atoms with Crippen molar-refractivity contribution < 1.29 is 14.3 Å². The fourth-order valence-corrected chi connectivity index (χ4v) is 2.91. The number of aryl methyl sites for hydroxylation is 1. The largest absolute Gasteiger partial charge is 0.494 e. The van der Waals surface area contributed by atoms with E-state index in [1.54, 1.807) is 31.6 Å². The van der Waals surface area contributed by atoms with Gasteiger partial charge < -0.3 is 9.47 Å². The van der Waals surface area contributed by atoms with Crippen molar-refractivity contribution in [3.8, 4) is 16.9 Å². The molecule has 0 atom stereocenters. The minimum Gasteiger partial charge on any atom is -0.494 e. The van der Waals surface area contributed by atoms with Crippen LogP contribution < -0.4 is 4.74 Å². The van der Waals surface area contributed by atoms with E-state index in [0.29, 0.717) is 22.6 Å². The summed E-state index contributed by atoms with van der Waals surface area (Å²) in [6.45, 7) is 1.96. The first-order chi connectivity index (χ1) is 12.6. The quantitative estimate of drug-likeness (QED) is 0.491. The predicted octanol–water partition coefficient (Wildman–Crippen LogP) is 4.47. The van der Waals surface area contributed by atoms with E-state index in [-0.39, 0.29) is 17.3 Å². The lowest BCUT2D eigenvalue weighted by Gasteiger charge is -2.14. The standard InChI is InChI=1S/C20H17ClN2O3/c1-13-10-16(15-8-9-22-11-17(15)25-2)18(19(21)23-13)20(24)26-12-14-6-4-3-5-7-14/h3-11H,12H2,1-2H3. The van der Waals surface area contributed by atoms with Gasteiger partial charge >= 0.3 is 5.97 Å². The molecule has 5 nitrogen and oxygen atoms in total. The Bertz CT molecular complexity index is 930. The number of hydrogen-bond acceptors (Lipinski definition) is 5. The first kappa shape index (κ1) is 17.9. The maximum atomic E-state index is 12.7. The fraction of sp³-hybridized carbons (Fsp3) is 0.150. The molecule has 0 aliphatic carbocycles. The van der Waals surface area contributed by atoms with E-state index >= 15 is 0 Å². The first-order valence-electron chi connectivity index (χ1n) is 7.96. The van der Waals surface area contributed by atoms with Crippen LogP contribution in [0, 0.1) is 6.92 Å². The van der Waals surface area contributed by atoms with Crippen LogP contribution in [0.15, 0.2) is 54.9 Å². The molecule has 26 heavy (non-hydrogen) atoms. The Kier molecular flexibility index (Phi) is 5.49. The number of esters is 1. The van der Waals surface area contributed by atoms with Crippen LogP contribution in [0.4, 0.5) is 0 Å². The second kappa shape index (κ2) is 7.97. The highest BCUT2D eigenvalue weighted by atomic mass is 35.5. The van der Waals surface area contributed by atoms with Gasteiger partial charge in [0.2, 0.25) is 0 Å². The van der Waals surface area contributed by atoms with E-state index < -0.39 is 5.97 Å². The van der Waals surface area contributed by atoms with Crippen molar-refractivity contribution in [2.24, 2.45) is 0 Å². The van der Waals surface area contributed by atoms with Gasteiger partial charge in [-0.2, -0.15) is 0 Å². The summed E-state index contributed by atoms with van der Waals surface area (Å²) in [5.74, 6) is -0.00788. The molecule has 2 aromatic heterocycles. The molecule has 0 saturated carbocycles. The molecule has 0 aliphatic rings. The molecule has 0 N–H and O–H groups in total. The normalized spacial score (nSPS) is 10.4. The molecule has 6 heteroatoms. The van der Waals surface area contributed by atoms with Gasteiger partial charge in [0.25, 0.3) is 0 Å². The van der Waals surface area contributed by atoms with Crippen molar-refractivity contribution >= 4 is 17.6 Å². The van der Waals surface area contributed by atoms with Gasteiger partial charge in [-0.1, -0.05) is 41.9 Å². The Hall–Kier alpha value is -2.92. The Morgan fingerprint density at radius 2 is 1.92 bits per heavy atom. The molecule has 0 fully saturated rings. The SMILES string of the molecule is COc1cnccc1-c1cc(C)nc(Cl)c1C(=O)OCc1ccccc1. The lowest BCUT2D eigenvalue weighted by atomic mass is 10.0. The molecule has 0 aliphatic heterocycles. The molecule has 0 saturated heterocycles. The van der Waals surface area contributed by atoms with Gasteiger partial charge in [-0.3, -0.25) is 4.98 Å². The second-order valence-electron chi connectivity index (χ2n) is 5.61. The third-order valence-corrected chi connectivity index (χ3v) is 4.09. The van der Waals surface area contributed by atoms with E-state index in [0.717, 1.165) is 5.56 Å². The zero-order chi connectivity index (χ0) is 18.5. The summed E-state index contributed by atoms with van der Waals surface area (Å²) in [6.07, 6.45) is 3.21. The topological polar surface area (TPSA) is 61.3 Å². The molecule has 1 aromatic carbocycles. The summed E-state index contributed by atoms with van der Waals surface area (Å²) in [5.41, 5.74) is 3.07. The highest BCUT2D eigenvalue weighted by Gasteiger charge is 2.22. The predicted molar refractivity (Wildman–Crippen MR) is 99.3 cm³/mol. The van der Waals surface area contributed by atoms with Crippen LogP contribution in [-0.2, 0) is 11.3 Å². The van der Waals surface area contributed by atoms with Crippen LogP contribution in [0.3, 0.4) is 0 Å². The molecule has 0 spiro atoms. The molecule has 0 amide bonds. The van der Waals surface area contributed by atoms with E-state index in [1.807, 2.05) is 37.3 Å². The summed E-state index contributed by atoms with van der Waals surface area (Å²) in [7, 11) is 1.55. The van der Waals surface area contributed by atoms with Crippen molar-refractivity contribution in [1.82, 2.24) is 9.97 Å². The fourth-order valence-electron chi connectivity index (χ4n) is 2.60. The van der Waals surface area contributed by atoms with Crippen molar-refractivity contribution in [2.75, 3.05) is 7.11 Å². The van der Waals surface area contributed by atoms with Crippen LogP contribution >= 0.6 is 11.6 Å². The Morgan fingerprint density at radius 1 is 1.15 bits per heavy atom. The number of carbonyl (C=O) groups is 1. The second-order valence-corrected chi connectivity index (χ2v) is 5.97. The van der Waals surface area contributed by atoms with E-state index in [1.165, 1.54) is 0 Å². The van der Waals surface area contributed by atoms with Gasteiger partial charge in [-0.15, -0.1) is 0 Å². The number of rotatable bonds is 5. The van der Waals surface area contributed by atoms with Gasteiger partial charge in [0.05, 0.1) is 13.3 Å². The maximum absolute atomic E-state index is 12.7. The maximum Gasteiger partial charge on any atom is 0.342 e. The van der Waals surface area contributed by atoms with Crippen molar-refractivity contribution in [2.45, 2.75) is 13.5 Å². The number of carbonyl (C=O) groups excluding carboxylic acids is 1. The summed E-state index contributed by atoms with van der Waals surface area (Å²) in [5, 5.41) is 0.0944. The van der Waals surface area contributed by atoms with Crippen molar-refractivity contribution in [3.63, 3.8) is 0 Å². The number of halogens is 1. The lowest BCUT2D eigenvalue weighted by Crippen LogP contribution is -2.10. The van der Waals surface area contributed by atoms with Gasteiger partial charge in [0.15, 0.2) is 0 Å². The van der Waals surface area contributed by atoms with E-state index in [9.17, 15) is 4.79 Å². The molecule has 0 radical (unpaired) electrons. The Morgan fingerprint density at radius 3 is 2.65 bits per heavy atom. The molecule has 3 rings (SSSR count). The number of hydrogen-bond donors (Lipinski definition) is 0. The summed E-state index contributed by atoms with van der Waals surface area (Å²) in [4.78, 5) is 21.0. The molecule has 2 heterocycles. The van der Waals surface area contributed by atoms with E-state index in [2.05, 4.69) is 9.97 Å². The number of ether oxygens (including phenoxy) is 2. The molecule has 0 unspecified atom stereocenters. The van der Waals surface area contributed by atoms with Crippen LogP contribution in [-0.4, -0.2) is 23.0 Å². The van der Waals surface area contributed by atoms with Crippen LogP contribution in [0.1, 0.15) is 21.6 Å². The van der Waals surface area contributed by atoms with Gasteiger partial charge in [0.1, 0.15) is 23.1 Å². The molecule has 3 aromatic rings. The Balaban J connectivity index is 1.99. The number of methoxy groups -OCH3 is 1. The molecule has 0 bridgehead atoms. The number of benzene rings is 1. The summed E-state index contributed by atoms with van der Waals surface area (Å²) < 4.78 is 10.8.